The number of nitro benzene ring substituents is 1. The number of rotatable bonds is 5. The monoisotopic (exact) mass is 319 g/mol. The van der Waals surface area contributed by atoms with E-state index in [1.165, 1.54) is 24.3 Å². The Bertz CT molecular complexity index is 588. The average Bonchev–Trinajstić information content (AvgIpc) is 2.56. The second kappa shape index (κ2) is 8.10. The van der Waals surface area contributed by atoms with Crippen molar-refractivity contribution in [1.29, 1.82) is 5.26 Å². The first-order chi connectivity index (χ1) is 11.1. The summed E-state index contributed by atoms with van der Waals surface area (Å²) >= 11 is 0. The van der Waals surface area contributed by atoms with E-state index in [1.807, 2.05) is 6.07 Å². The van der Waals surface area contributed by atoms with Crippen LogP contribution in [0.3, 0.4) is 0 Å². The molecule has 0 spiro atoms. The SMILES string of the molecule is N#CCCOC1CCN(C(=O)Oc2ccc([N+](=O)[O-])cc2)CC1. The van der Waals surface area contributed by atoms with Gasteiger partial charge in [-0.2, -0.15) is 5.26 Å². The van der Waals surface area contributed by atoms with Gasteiger partial charge in [-0.15, -0.1) is 0 Å². The molecular formula is C15H17N3O5. The number of hydrogen-bond donors (Lipinski definition) is 0. The van der Waals surface area contributed by atoms with Crippen molar-refractivity contribution in [1.82, 2.24) is 4.90 Å². The molecule has 8 nitrogen and oxygen atoms in total. The molecule has 0 aliphatic carbocycles. The molecule has 1 amide bonds. The molecule has 1 fully saturated rings. The lowest BCUT2D eigenvalue weighted by molar-refractivity contribution is -0.384. The van der Waals surface area contributed by atoms with Gasteiger partial charge >= 0.3 is 6.09 Å². The average molecular weight is 319 g/mol. The zero-order valence-corrected chi connectivity index (χ0v) is 12.5. The molecule has 0 radical (unpaired) electrons. The number of benzene rings is 1. The summed E-state index contributed by atoms with van der Waals surface area (Å²) in [4.78, 5) is 23.7. The van der Waals surface area contributed by atoms with Gasteiger partial charge in [0.25, 0.3) is 5.69 Å². The second-order valence-corrected chi connectivity index (χ2v) is 5.08. The van der Waals surface area contributed by atoms with Crippen LogP contribution in [0.25, 0.3) is 0 Å². The number of hydrogen-bond acceptors (Lipinski definition) is 6. The van der Waals surface area contributed by atoms with Gasteiger partial charge in [0.2, 0.25) is 0 Å². The van der Waals surface area contributed by atoms with E-state index >= 15 is 0 Å². The van der Waals surface area contributed by atoms with E-state index in [4.69, 9.17) is 14.7 Å². The van der Waals surface area contributed by atoms with Crippen molar-refractivity contribution in [2.45, 2.75) is 25.4 Å². The summed E-state index contributed by atoms with van der Waals surface area (Å²) in [5, 5.41) is 19.0. The van der Waals surface area contributed by atoms with Crippen molar-refractivity contribution >= 4 is 11.8 Å². The number of non-ortho nitro benzene ring substituents is 1. The fourth-order valence-corrected chi connectivity index (χ4v) is 2.28. The van der Waals surface area contributed by atoms with Crippen LogP contribution in [-0.2, 0) is 4.74 Å². The molecule has 1 aliphatic rings. The van der Waals surface area contributed by atoms with E-state index in [1.54, 1.807) is 4.90 Å². The first-order valence-corrected chi connectivity index (χ1v) is 7.30. The van der Waals surface area contributed by atoms with Gasteiger partial charge in [0.15, 0.2) is 0 Å². The maximum absolute atomic E-state index is 12.0. The zero-order valence-electron chi connectivity index (χ0n) is 12.5. The number of carbonyl (C=O) groups excluding carboxylic acids is 1. The molecule has 2 rings (SSSR count). The van der Waals surface area contributed by atoms with Crippen molar-refractivity contribution in [2.24, 2.45) is 0 Å². The van der Waals surface area contributed by atoms with Crippen LogP contribution in [0.1, 0.15) is 19.3 Å². The van der Waals surface area contributed by atoms with Crippen LogP contribution >= 0.6 is 0 Å². The Kier molecular flexibility index (Phi) is 5.88. The smallest absolute Gasteiger partial charge is 0.410 e. The van der Waals surface area contributed by atoms with Crippen molar-refractivity contribution in [3.63, 3.8) is 0 Å². The highest BCUT2D eigenvalue weighted by Crippen LogP contribution is 2.20. The van der Waals surface area contributed by atoms with Gasteiger partial charge in [-0.25, -0.2) is 4.79 Å². The highest BCUT2D eigenvalue weighted by Gasteiger charge is 2.24. The molecule has 0 atom stereocenters. The quantitative estimate of drug-likeness (QED) is 0.469. The maximum atomic E-state index is 12.0. The van der Waals surface area contributed by atoms with Crippen molar-refractivity contribution in [2.75, 3.05) is 19.7 Å². The van der Waals surface area contributed by atoms with E-state index in [0.29, 0.717) is 39.0 Å². The molecule has 0 aromatic heterocycles. The molecule has 1 heterocycles. The lowest BCUT2D eigenvalue weighted by atomic mass is 10.1. The molecule has 0 bridgehead atoms. The Morgan fingerprint density at radius 3 is 2.57 bits per heavy atom. The van der Waals surface area contributed by atoms with Crippen molar-refractivity contribution in [3.05, 3.63) is 34.4 Å². The summed E-state index contributed by atoms with van der Waals surface area (Å²) in [6.07, 6.45) is 1.34. The third-order valence-electron chi connectivity index (χ3n) is 3.52. The zero-order chi connectivity index (χ0) is 16.7. The van der Waals surface area contributed by atoms with Crippen LogP contribution in [-0.4, -0.2) is 41.7 Å². The number of likely N-dealkylation sites (tertiary alicyclic amines) is 1. The van der Waals surface area contributed by atoms with Gasteiger partial charge in [0, 0.05) is 25.2 Å². The molecule has 1 aromatic rings. The Hall–Kier alpha value is -2.66. The third kappa shape index (κ3) is 4.93. The fraction of sp³-hybridized carbons (Fsp3) is 0.467. The van der Waals surface area contributed by atoms with Crippen LogP contribution in [0.2, 0.25) is 0 Å². The van der Waals surface area contributed by atoms with E-state index in [-0.39, 0.29) is 17.5 Å². The maximum Gasteiger partial charge on any atom is 0.415 e. The van der Waals surface area contributed by atoms with E-state index in [9.17, 15) is 14.9 Å². The Balaban J connectivity index is 1.78. The predicted octanol–water partition coefficient (Wildman–Crippen LogP) is 2.49. The van der Waals surface area contributed by atoms with Crippen LogP contribution in [0.5, 0.6) is 5.75 Å². The number of nitrogens with zero attached hydrogens (tertiary/aromatic N) is 3. The lowest BCUT2D eigenvalue weighted by Gasteiger charge is -2.31. The summed E-state index contributed by atoms with van der Waals surface area (Å²) < 4.78 is 10.7. The van der Waals surface area contributed by atoms with Crippen LogP contribution in [0.15, 0.2) is 24.3 Å². The van der Waals surface area contributed by atoms with E-state index in [2.05, 4.69) is 0 Å². The van der Waals surface area contributed by atoms with Gasteiger partial charge < -0.3 is 14.4 Å². The molecule has 8 heteroatoms. The molecule has 1 aliphatic heterocycles. The van der Waals surface area contributed by atoms with Gasteiger partial charge in [-0.05, 0) is 25.0 Å². The summed E-state index contributed by atoms with van der Waals surface area (Å²) in [5.41, 5.74) is -0.0554. The Labute approximate surface area is 133 Å². The van der Waals surface area contributed by atoms with Crippen LogP contribution in [0, 0.1) is 21.4 Å². The predicted molar refractivity (Wildman–Crippen MR) is 79.9 cm³/mol. The number of nitriles is 1. The minimum Gasteiger partial charge on any atom is -0.410 e. The minimum absolute atomic E-state index is 0.0554. The number of carbonyl (C=O) groups is 1. The summed E-state index contributed by atoms with van der Waals surface area (Å²) in [6.45, 7) is 1.44. The Morgan fingerprint density at radius 2 is 2.00 bits per heavy atom. The number of amides is 1. The van der Waals surface area contributed by atoms with Crippen LogP contribution in [0.4, 0.5) is 10.5 Å². The topological polar surface area (TPSA) is 106 Å². The number of piperidine rings is 1. The second-order valence-electron chi connectivity index (χ2n) is 5.08. The van der Waals surface area contributed by atoms with Gasteiger partial charge in [-0.3, -0.25) is 10.1 Å². The summed E-state index contributed by atoms with van der Waals surface area (Å²) in [6, 6.07) is 7.39. The summed E-state index contributed by atoms with van der Waals surface area (Å²) in [5.74, 6) is 0.271. The normalized spacial score (nSPS) is 15.0. The van der Waals surface area contributed by atoms with Gasteiger partial charge in [0.1, 0.15) is 5.75 Å². The third-order valence-corrected chi connectivity index (χ3v) is 3.52. The standard InChI is InChI=1S/C15H17N3O5/c16-8-1-11-22-13-6-9-17(10-7-13)15(19)23-14-4-2-12(3-5-14)18(20)21/h2-5,13H,1,6-7,9-11H2. The van der Waals surface area contributed by atoms with E-state index < -0.39 is 11.0 Å². The fourth-order valence-electron chi connectivity index (χ4n) is 2.28. The van der Waals surface area contributed by atoms with E-state index in [0.717, 1.165) is 0 Å². The molecule has 0 unspecified atom stereocenters. The van der Waals surface area contributed by atoms with Crippen molar-refractivity contribution < 1.29 is 19.2 Å². The largest absolute Gasteiger partial charge is 0.415 e. The molecule has 1 aromatic carbocycles. The number of ether oxygens (including phenoxy) is 2. The van der Waals surface area contributed by atoms with Crippen LogP contribution < -0.4 is 4.74 Å². The van der Waals surface area contributed by atoms with Gasteiger partial charge in [-0.1, -0.05) is 0 Å². The molecular weight excluding hydrogens is 302 g/mol. The highest BCUT2D eigenvalue weighted by molar-refractivity contribution is 5.70. The first kappa shape index (κ1) is 16.7. The molecule has 0 saturated carbocycles. The first-order valence-electron chi connectivity index (χ1n) is 7.30. The van der Waals surface area contributed by atoms with Gasteiger partial charge in [0.05, 0.1) is 30.1 Å². The summed E-state index contributed by atoms with van der Waals surface area (Å²) in [7, 11) is 0. The Morgan fingerprint density at radius 1 is 1.35 bits per heavy atom. The minimum atomic E-state index is -0.511. The lowest BCUT2D eigenvalue weighted by Crippen LogP contribution is -2.42. The molecule has 1 saturated heterocycles. The van der Waals surface area contributed by atoms with Crippen molar-refractivity contribution in [3.8, 4) is 11.8 Å². The number of nitro groups is 1. The molecule has 23 heavy (non-hydrogen) atoms. The molecule has 122 valence electrons. The molecule has 0 N–H and O–H groups in total. The highest BCUT2D eigenvalue weighted by atomic mass is 16.6.